The Labute approximate surface area is 93.9 Å². The van der Waals surface area contributed by atoms with Crippen LogP contribution in [0.1, 0.15) is 17.0 Å². The molecular weight excluding hydrogens is 206 g/mol. The van der Waals surface area contributed by atoms with E-state index in [4.69, 9.17) is 5.26 Å². The number of esters is 1. The topological polar surface area (TPSA) is 67.9 Å². The summed E-state index contributed by atoms with van der Waals surface area (Å²) in [6.07, 6.45) is 1.50. The maximum absolute atomic E-state index is 11.2. The molecule has 5 heteroatoms. The molecule has 0 saturated heterocycles. The second kappa shape index (κ2) is 4.62. The van der Waals surface area contributed by atoms with Crippen molar-refractivity contribution in [2.45, 2.75) is 13.8 Å². The van der Waals surface area contributed by atoms with Crippen molar-refractivity contribution in [3.8, 4) is 6.07 Å². The molecule has 0 saturated carbocycles. The number of methoxy groups -OCH3 is 1. The van der Waals surface area contributed by atoms with E-state index in [1.54, 1.807) is 4.68 Å². The minimum Gasteiger partial charge on any atom is -0.465 e. The van der Waals surface area contributed by atoms with Crippen LogP contribution in [0, 0.1) is 25.2 Å². The third-order valence-electron chi connectivity index (χ3n) is 2.38. The summed E-state index contributed by atoms with van der Waals surface area (Å²) in [4.78, 5) is 11.2. The predicted octanol–water partition coefficient (Wildman–Crippen LogP) is 1.12. The molecule has 1 aromatic heterocycles. The van der Waals surface area contributed by atoms with Crippen molar-refractivity contribution >= 4 is 12.0 Å². The number of hydrogen-bond acceptors (Lipinski definition) is 4. The summed E-state index contributed by atoms with van der Waals surface area (Å²) in [5.74, 6) is -0.634. The van der Waals surface area contributed by atoms with Crippen molar-refractivity contribution in [1.29, 1.82) is 5.26 Å². The number of hydrogen-bond donors (Lipinski definition) is 0. The third-order valence-corrected chi connectivity index (χ3v) is 2.38. The van der Waals surface area contributed by atoms with Gasteiger partial charge in [-0.15, -0.1) is 0 Å². The molecule has 0 aliphatic rings. The van der Waals surface area contributed by atoms with E-state index in [0.29, 0.717) is 0 Å². The number of aryl methyl sites for hydroxylation is 2. The summed E-state index contributed by atoms with van der Waals surface area (Å²) in [7, 11) is 3.06. The van der Waals surface area contributed by atoms with Gasteiger partial charge < -0.3 is 4.74 Å². The average molecular weight is 219 g/mol. The zero-order chi connectivity index (χ0) is 12.3. The van der Waals surface area contributed by atoms with Crippen molar-refractivity contribution in [3.05, 3.63) is 22.5 Å². The monoisotopic (exact) mass is 219 g/mol. The summed E-state index contributed by atoms with van der Waals surface area (Å²) >= 11 is 0. The second-order valence-electron chi connectivity index (χ2n) is 3.37. The molecule has 0 fully saturated rings. The van der Waals surface area contributed by atoms with Gasteiger partial charge >= 0.3 is 5.97 Å². The van der Waals surface area contributed by atoms with Gasteiger partial charge in [-0.25, -0.2) is 4.79 Å². The minimum atomic E-state index is -0.634. The largest absolute Gasteiger partial charge is 0.465 e. The van der Waals surface area contributed by atoms with E-state index >= 15 is 0 Å². The standard InChI is InChI=1S/C11H13N3O2/c1-7-10(8(2)14(3)13-7)5-9(6-12)11(15)16-4/h5H,1-4H3/b9-5+. The Bertz CT molecular complexity index is 492. The summed E-state index contributed by atoms with van der Waals surface area (Å²) in [6.45, 7) is 3.70. The number of nitrogens with zero attached hydrogens (tertiary/aromatic N) is 3. The third kappa shape index (κ3) is 2.11. The molecule has 5 nitrogen and oxygen atoms in total. The normalized spacial score (nSPS) is 11.1. The van der Waals surface area contributed by atoms with Gasteiger partial charge in [0.2, 0.25) is 0 Å². The fraction of sp³-hybridized carbons (Fsp3) is 0.364. The van der Waals surface area contributed by atoms with Crippen LogP contribution >= 0.6 is 0 Å². The van der Waals surface area contributed by atoms with E-state index in [1.807, 2.05) is 27.0 Å². The lowest BCUT2D eigenvalue weighted by Gasteiger charge is -1.97. The molecule has 16 heavy (non-hydrogen) atoms. The highest BCUT2D eigenvalue weighted by Gasteiger charge is 2.13. The van der Waals surface area contributed by atoms with Crippen LogP contribution in [-0.4, -0.2) is 22.9 Å². The number of nitriles is 1. The molecule has 0 unspecified atom stereocenters. The van der Waals surface area contributed by atoms with E-state index < -0.39 is 5.97 Å². The number of ether oxygens (including phenoxy) is 1. The summed E-state index contributed by atoms with van der Waals surface area (Å²) in [6, 6.07) is 1.81. The first kappa shape index (κ1) is 12.0. The van der Waals surface area contributed by atoms with E-state index in [1.165, 1.54) is 13.2 Å². The first-order chi connectivity index (χ1) is 7.51. The van der Waals surface area contributed by atoms with Gasteiger partial charge in [0.1, 0.15) is 11.6 Å². The van der Waals surface area contributed by atoms with E-state index in [0.717, 1.165) is 17.0 Å². The van der Waals surface area contributed by atoms with Gasteiger partial charge in [0.15, 0.2) is 0 Å². The van der Waals surface area contributed by atoms with E-state index in [-0.39, 0.29) is 5.57 Å². The van der Waals surface area contributed by atoms with Gasteiger partial charge in [-0.1, -0.05) is 0 Å². The van der Waals surface area contributed by atoms with Crippen LogP contribution in [0.5, 0.6) is 0 Å². The highest BCUT2D eigenvalue weighted by Crippen LogP contribution is 2.16. The molecule has 0 N–H and O–H groups in total. The van der Waals surface area contributed by atoms with Crippen molar-refractivity contribution in [2.24, 2.45) is 7.05 Å². The number of aromatic nitrogens is 2. The Morgan fingerprint density at radius 1 is 1.56 bits per heavy atom. The average Bonchev–Trinajstić information content (AvgIpc) is 2.50. The zero-order valence-electron chi connectivity index (χ0n) is 9.74. The van der Waals surface area contributed by atoms with Crippen molar-refractivity contribution < 1.29 is 9.53 Å². The minimum absolute atomic E-state index is 0.0262. The molecule has 1 rings (SSSR count). The number of carbonyl (C=O) groups excluding carboxylic acids is 1. The first-order valence-corrected chi connectivity index (χ1v) is 4.71. The highest BCUT2D eigenvalue weighted by molar-refractivity contribution is 5.98. The lowest BCUT2D eigenvalue weighted by Crippen LogP contribution is -2.02. The molecule has 0 bridgehead atoms. The van der Waals surface area contributed by atoms with Crippen molar-refractivity contribution in [3.63, 3.8) is 0 Å². The number of carbonyl (C=O) groups is 1. The molecule has 1 aromatic rings. The maximum Gasteiger partial charge on any atom is 0.348 e. The SMILES string of the molecule is COC(=O)/C(C#N)=C/c1c(C)nn(C)c1C. The molecule has 0 amide bonds. The zero-order valence-corrected chi connectivity index (χ0v) is 9.74. The van der Waals surface area contributed by atoms with Gasteiger partial charge in [0, 0.05) is 18.3 Å². The molecule has 0 aliphatic carbocycles. The lowest BCUT2D eigenvalue weighted by atomic mass is 10.1. The fourth-order valence-corrected chi connectivity index (χ4v) is 1.39. The predicted molar refractivity (Wildman–Crippen MR) is 58.3 cm³/mol. The smallest absolute Gasteiger partial charge is 0.348 e. The van der Waals surface area contributed by atoms with Crippen molar-refractivity contribution in [1.82, 2.24) is 9.78 Å². The van der Waals surface area contributed by atoms with Gasteiger partial charge in [0.25, 0.3) is 0 Å². The Kier molecular flexibility index (Phi) is 3.46. The molecule has 0 spiro atoms. The Morgan fingerprint density at radius 3 is 2.56 bits per heavy atom. The van der Waals surface area contributed by atoms with Gasteiger partial charge in [-0.2, -0.15) is 10.4 Å². The Balaban J connectivity index is 3.25. The van der Waals surface area contributed by atoms with Crippen LogP contribution in [-0.2, 0) is 16.6 Å². The molecular formula is C11H13N3O2. The Hall–Kier alpha value is -2.09. The van der Waals surface area contributed by atoms with Crippen LogP contribution < -0.4 is 0 Å². The second-order valence-corrected chi connectivity index (χ2v) is 3.37. The first-order valence-electron chi connectivity index (χ1n) is 4.71. The van der Waals surface area contributed by atoms with Crippen molar-refractivity contribution in [2.75, 3.05) is 7.11 Å². The fourth-order valence-electron chi connectivity index (χ4n) is 1.39. The van der Waals surface area contributed by atoms with Crippen LogP contribution in [0.3, 0.4) is 0 Å². The van der Waals surface area contributed by atoms with Gasteiger partial charge in [-0.3, -0.25) is 4.68 Å². The lowest BCUT2D eigenvalue weighted by molar-refractivity contribution is -0.135. The maximum atomic E-state index is 11.2. The molecule has 0 atom stereocenters. The summed E-state index contributed by atoms with van der Waals surface area (Å²) in [5, 5.41) is 13.0. The van der Waals surface area contributed by atoms with Crippen LogP contribution in [0.25, 0.3) is 6.08 Å². The van der Waals surface area contributed by atoms with E-state index in [9.17, 15) is 4.79 Å². The molecule has 0 radical (unpaired) electrons. The van der Waals surface area contributed by atoms with Gasteiger partial charge in [-0.05, 0) is 19.9 Å². The van der Waals surface area contributed by atoms with E-state index in [2.05, 4.69) is 9.84 Å². The summed E-state index contributed by atoms with van der Waals surface area (Å²) in [5.41, 5.74) is 2.43. The summed E-state index contributed by atoms with van der Waals surface area (Å²) < 4.78 is 6.21. The molecule has 84 valence electrons. The van der Waals surface area contributed by atoms with Crippen LogP contribution in [0.4, 0.5) is 0 Å². The van der Waals surface area contributed by atoms with Gasteiger partial charge in [0.05, 0.1) is 12.8 Å². The Morgan fingerprint density at radius 2 is 2.19 bits per heavy atom. The van der Waals surface area contributed by atoms with Crippen LogP contribution in [0.15, 0.2) is 5.57 Å². The molecule has 1 heterocycles. The molecule has 0 aliphatic heterocycles. The number of rotatable bonds is 2. The highest BCUT2D eigenvalue weighted by atomic mass is 16.5. The van der Waals surface area contributed by atoms with Crippen LogP contribution in [0.2, 0.25) is 0 Å². The molecule has 0 aromatic carbocycles. The quantitative estimate of drug-likeness (QED) is 0.424.